The van der Waals surface area contributed by atoms with E-state index in [0.29, 0.717) is 0 Å². The molecular formula is C23H27N5. The lowest BCUT2D eigenvalue weighted by Gasteiger charge is -2.37. The lowest BCUT2D eigenvalue weighted by molar-refractivity contribution is 0.645. The molecule has 0 N–H and O–H groups in total. The van der Waals surface area contributed by atoms with Crippen LogP contribution >= 0.6 is 0 Å². The van der Waals surface area contributed by atoms with Crippen LogP contribution < -0.4 is 14.7 Å². The highest BCUT2D eigenvalue weighted by atomic mass is 15.3. The minimum absolute atomic E-state index is 0.818. The Morgan fingerprint density at radius 3 is 2.11 bits per heavy atom. The number of hydrogen-bond donors (Lipinski definition) is 0. The van der Waals surface area contributed by atoms with Crippen LogP contribution in [0.1, 0.15) is 11.4 Å². The van der Waals surface area contributed by atoms with Gasteiger partial charge in [-0.05, 0) is 24.6 Å². The highest BCUT2D eigenvalue weighted by Crippen LogP contribution is 2.23. The van der Waals surface area contributed by atoms with Crippen molar-refractivity contribution in [3.8, 4) is 0 Å². The third-order valence-electron chi connectivity index (χ3n) is 5.19. The van der Waals surface area contributed by atoms with Crippen LogP contribution in [0.15, 0.2) is 66.7 Å². The van der Waals surface area contributed by atoms with E-state index in [1.807, 2.05) is 13.0 Å². The van der Waals surface area contributed by atoms with E-state index >= 15 is 0 Å². The van der Waals surface area contributed by atoms with Crippen molar-refractivity contribution < 1.29 is 0 Å². The lowest BCUT2D eigenvalue weighted by atomic mass is 10.2. The molecule has 28 heavy (non-hydrogen) atoms. The van der Waals surface area contributed by atoms with Crippen LogP contribution in [0.5, 0.6) is 0 Å². The molecular weight excluding hydrogens is 346 g/mol. The molecule has 0 saturated carbocycles. The SMILES string of the molecule is Cc1nc(N(C)Cc2ccccc2)cc(N2CCN(c3ccccc3)CC2)n1. The molecule has 0 radical (unpaired) electrons. The molecule has 2 heterocycles. The molecule has 5 heteroatoms. The van der Waals surface area contributed by atoms with Gasteiger partial charge in [0.1, 0.15) is 17.5 Å². The number of hydrogen-bond acceptors (Lipinski definition) is 5. The van der Waals surface area contributed by atoms with Gasteiger partial charge in [-0.3, -0.25) is 0 Å². The van der Waals surface area contributed by atoms with Gasteiger partial charge in [0.25, 0.3) is 0 Å². The smallest absolute Gasteiger partial charge is 0.134 e. The second-order valence-corrected chi connectivity index (χ2v) is 7.28. The molecule has 1 saturated heterocycles. The number of anilines is 3. The fourth-order valence-electron chi connectivity index (χ4n) is 3.66. The Morgan fingerprint density at radius 2 is 1.43 bits per heavy atom. The Hall–Kier alpha value is -3.08. The van der Waals surface area contributed by atoms with Gasteiger partial charge in [0.05, 0.1) is 0 Å². The predicted molar refractivity (Wildman–Crippen MR) is 116 cm³/mol. The number of aromatic nitrogens is 2. The van der Waals surface area contributed by atoms with Gasteiger partial charge in [-0.2, -0.15) is 0 Å². The van der Waals surface area contributed by atoms with Crippen molar-refractivity contribution in [2.45, 2.75) is 13.5 Å². The quantitative estimate of drug-likeness (QED) is 0.681. The van der Waals surface area contributed by atoms with Gasteiger partial charge >= 0.3 is 0 Å². The van der Waals surface area contributed by atoms with E-state index in [1.165, 1.54) is 11.3 Å². The Balaban J connectivity index is 1.45. The zero-order valence-corrected chi connectivity index (χ0v) is 16.6. The van der Waals surface area contributed by atoms with E-state index in [-0.39, 0.29) is 0 Å². The first-order valence-corrected chi connectivity index (χ1v) is 9.85. The van der Waals surface area contributed by atoms with Gasteiger partial charge < -0.3 is 14.7 Å². The summed E-state index contributed by atoms with van der Waals surface area (Å²) >= 11 is 0. The molecule has 0 aliphatic carbocycles. The summed E-state index contributed by atoms with van der Waals surface area (Å²) in [6.07, 6.45) is 0. The van der Waals surface area contributed by atoms with Crippen LogP contribution in [0.25, 0.3) is 0 Å². The molecule has 1 aromatic heterocycles. The Kier molecular flexibility index (Phi) is 5.42. The summed E-state index contributed by atoms with van der Waals surface area (Å²) in [4.78, 5) is 16.4. The molecule has 144 valence electrons. The molecule has 1 fully saturated rings. The summed E-state index contributed by atoms with van der Waals surface area (Å²) in [6, 6.07) is 23.2. The van der Waals surface area contributed by atoms with Crippen molar-refractivity contribution in [2.24, 2.45) is 0 Å². The van der Waals surface area contributed by atoms with Crippen molar-refractivity contribution in [1.29, 1.82) is 0 Å². The first kappa shape index (κ1) is 18.3. The molecule has 1 aliphatic rings. The summed E-state index contributed by atoms with van der Waals surface area (Å²) < 4.78 is 0. The van der Waals surface area contributed by atoms with Crippen LogP contribution in [0.3, 0.4) is 0 Å². The molecule has 0 amide bonds. The topological polar surface area (TPSA) is 35.5 Å². The highest BCUT2D eigenvalue weighted by molar-refractivity contribution is 5.53. The minimum Gasteiger partial charge on any atom is -0.368 e. The van der Waals surface area contributed by atoms with Gasteiger partial charge in [-0.25, -0.2) is 9.97 Å². The molecule has 0 bridgehead atoms. The zero-order valence-electron chi connectivity index (χ0n) is 16.6. The standard InChI is InChI=1S/C23H27N5/c1-19-24-22(26(2)18-20-9-5-3-6-10-20)17-23(25-19)28-15-13-27(14-16-28)21-11-7-4-8-12-21/h3-12,17H,13-16,18H2,1-2H3. The number of nitrogens with zero attached hydrogens (tertiary/aromatic N) is 5. The molecule has 1 aliphatic heterocycles. The van der Waals surface area contributed by atoms with Crippen LogP contribution in [-0.2, 0) is 6.54 Å². The van der Waals surface area contributed by atoms with Gasteiger partial charge in [0, 0.05) is 51.5 Å². The molecule has 0 atom stereocenters. The van der Waals surface area contributed by atoms with Crippen LogP contribution in [0.4, 0.5) is 17.3 Å². The Bertz CT molecular complexity index is 889. The van der Waals surface area contributed by atoms with E-state index < -0.39 is 0 Å². The average molecular weight is 374 g/mol. The first-order valence-electron chi connectivity index (χ1n) is 9.85. The molecule has 3 aromatic rings. The summed E-state index contributed by atoms with van der Waals surface area (Å²) in [5.41, 5.74) is 2.57. The largest absolute Gasteiger partial charge is 0.368 e. The third-order valence-corrected chi connectivity index (χ3v) is 5.19. The van der Waals surface area contributed by atoms with Gasteiger partial charge in [0.2, 0.25) is 0 Å². The third kappa shape index (κ3) is 4.25. The van der Waals surface area contributed by atoms with Crippen molar-refractivity contribution in [3.05, 3.63) is 78.1 Å². The summed E-state index contributed by atoms with van der Waals surface area (Å²) in [5, 5.41) is 0. The van der Waals surface area contributed by atoms with Gasteiger partial charge in [-0.15, -0.1) is 0 Å². The number of rotatable bonds is 5. The molecule has 0 unspecified atom stereocenters. The number of para-hydroxylation sites is 1. The summed E-state index contributed by atoms with van der Waals surface area (Å²) in [7, 11) is 2.09. The van der Waals surface area contributed by atoms with Crippen LogP contribution in [0, 0.1) is 6.92 Å². The van der Waals surface area contributed by atoms with Crippen molar-refractivity contribution in [1.82, 2.24) is 9.97 Å². The van der Waals surface area contributed by atoms with Gasteiger partial charge in [-0.1, -0.05) is 48.5 Å². The number of piperazine rings is 1. The average Bonchev–Trinajstić information content (AvgIpc) is 2.75. The van der Waals surface area contributed by atoms with E-state index in [1.54, 1.807) is 0 Å². The normalized spacial score (nSPS) is 14.2. The maximum atomic E-state index is 4.71. The second-order valence-electron chi connectivity index (χ2n) is 7.28. The van der Waals surface area contributed by atoms with E-state index in [4.69, 9.17) is 4.98 Å². The van der Waals surface area contributed by atoms with E-state index in [2.05, 4.69) is 87.4 Å². The lowest BCUT2D eigenvalue weighted by Crippen LogP contribution is -2.47. The molecule has 5 nitrogen and oxygen atoms in total. The van der Waals surface area contributed by atoms with Crippen LogP contribution in [0.2, 0.25) is 0 Å². The number of benzene rings is 2. The summed E-state index contributed by atoms with van der Waals surface area (Å²) in [5.74, 6) is 2.81. The van der Waals surface area contributed by atoms with E-state index in [9.17, 15) is 0 Å². The minimum atomic E-state index is 0.818. The van der Waals surface area contributed by atoms with Crippen molar-refractivity contribution in [3.63, 3.8) is 0 Å². The maximum Gasteiger partial charge on any atom is 0.134 e. The predicted octanol–water partition coefficient (Wildman–Crippen LogP) is 3.75. The number of aryl methyl sites for hydroxylation is 1. The highest BCUT2D eigenvalue weighted by Gasteiger charge is 2.19. The Labute approximate surface area is 167 Å². The maximum absolute atomic E-state index is 4.71. The summed E-state index contributed by atoms with van der Waals surface area (Å²) in [6.45, 7) is 6.74. The first-order chi connectivity index (χ1) is 13.7. The van der Waals surface area contributed by atoms with Gasteiger partial charge in [0.15, 0.2) is 0 Å². The fourth-order valence-corrected chi connectivity index (χ4v) is 3.66. The monoisotopic (exact) mass is 373 g/mol. The van der Waals surface area contributed by atoms with Crippen LogP contribution in [-0.4, -0.2) is 43.2 Å². The Morgan fingerprint density at radius 1 is 0.821 bits per heavy atom. The van der Waals surface area contributed by atoms with Crippen molar-refractivity contribution in [2.75, 3.05) is 47.9 Å². The zero-order chi connectivity index (χ0) is 19.3. The fraction of sp³-hybridized carbons (Fsp3) is 0.304. The van der Waals surface area contributed by atoms with E-state index in [0.717, 1.165) is 50.2 Å². The second kappa shape index (κ2) is 8.30. The van der Waals surface area contributed by atoms with Crippen molar-refractivity contribution >= 4 is 17.3 Å². The molecule has 0 spiro atoms. The molecule has 2 aromatic carbocycles. The molecule has 4 rings (SSSR count).